The lowest BCUT2D eigenvalue weighted by Crippen LogP contribution is -2.37. The minimum absolute atomic E-state index is 0.0539. The van der Waals surface area contributed by atoms with Crippen LogP contribution in [0.2, 0.25) is 0 Å². The van der Waals surface area contributed by atoms with E-state index in [9.17, 15) is 4.79 Å². The van der Waals surface area contributed by atoms with E-state index in [4.69, 9.17) is 21.4 Å². The third-order valence-electron chi connectivity index (χ3n) is 5.91. The lowest BCUT2D eigenvalue weighted by Gasteiger charge is -2.11. The summed E-state index contributed by atoms with van der Waals surface area (Å²) in [6, 6.07) is 26.9. The number of ether oxygens (including phenoxy) is 1. The molecule has 5 aromatic rings. The maximum Gasteiger partial charge on any atom is 0.282 e. The van der Waals surface area contributed by atoms with Crippen LogP contribution in [0.15, 0.2) is 94.7 Å². The van der Waals surface area contributed by atoms with Gasteiger partial charge in [-0.05, 0) is 23.3 Å². The zero-order chi connectivity index (χ0) is 25.1. The second kappa shape index (κ2) is 9.77. The summed E-state index contributed by atoms with van der Waals surface area (Å²) < 4.78 is 6.70. The number of hydrogen-bond donors (Lipinski definition) is 4. The monoisotopic (exact) mass is 479 g/mol. The SMILES string of the molecule is COc1ccc(-c2c(CN=C(N)NN)[nH]c3c(-c4ccccc4)c(-c4ccccc4)nn3c2=O)cc1. The van der Waals surface area contributed by atoms with E-state index >= 15 is 0 Å². The number of hydrazine groups is 1. The van der Waals surface area contributed by atoms with Gasteiger partial charge in [-0.1, -0.05) is 72.8 Å². The molecule has 0 bridgehead atoms. The molecule has 9 nitrogen and oxygen atoms in total. The van der Waals surface area contributed by atoms with E-state index in [0.29, 0.717) is 33.9 Å². The normalized spacial score (nSPS) is 11.6. The van der Waals surface area contributed by atoms with Gasteiger partial charge in [-0.25, -0.2) is 10.8 Å². The molecule has 0 saturated carbocycles. The highest BCUT2D eigenvalue weighted by Gasteiger charge is 2.22. The van der Waals surface area contributed by atoms with Gasteiger partial charge in [0.05, 0.1) is 30.5 Å². The molecule has 9 heteroatoms. The van der Waals surface area contributed by atoms with Gasteiger partial charge in [0.15, 0.2) is 0 Å². The largest absolute Gasteiger partial charge is 0.497 e. The molecule has 6 N–H and O–H groups in total. The number of aliphatic imine (C=N–C) groups is 1. The van der Waals surface area contributed by atoms with Crippen LogP contribution in [0, 0.1) is 0 Å². The van der Waals surface area contributed by atoms with Crippen molar-refractivity contribution in [2.24, 2.45) is 16.6 Å². The Morgan fingerprint density at radius 3 is 2.17 bits per heavy atom. The first-order chi connectivity index (χ1) is 17.6. The van der Waals surface area contributed by atoms with Crippen LogP contribution in [-0.2, 0) is 6.54 Å². The molecule has 3 aromatic carbocycles. The average Bonchev–Trinajstić information content (AvgIpc) is 3.32. The molecule has 0 spiro atoms. The van der Waals surface area contributed by atoms with Crippen molar-refractivity contribution in [2.75, 3.05) is 7.11 Å². The molecule has 0 fully saturated rings. The summed E-state index contributed by atoms with van der Waals surface area (Å²) >= 11 is 0. The molecule has 0 amide bonds. The highest BCUT2D eigenvalue weighted by Crippen LogP contribution is 2.35. The molecule has 0 atom stereocenters. The first kappa shape index (κ1) is 22.9. The Bertz CT molecular complexity index is 1590. The Morgan fingerprint density at radius 1 is 0.944 bits per heavy atom. The van der Waals surface area contributed by atoms with Crippen molar-refractivity contribution in [3.8, 4) is 39.3 Å². The maximum atomic E-state index is 14.0. The predicted molar refractivity (Wildman–Crippen MR) is 141 cm³/mol. The highest BCUT2D eigenvalue weighted by molar-refractivity contribution is 5.91. The molecular weight excluding hydrogens is 454 g/mol. The number of fused-ring (bicyclic) bond motifs is 1. The summed E-state index contributed by atoms with van der Waals surface area (Å²) in [6.45, 7) is 0.100. The van der Waals surface area contributed by atoms with E-state index in [1.54, 1.807) is 19.2 Å². The lowest BCUT2D eigenvalue weighted by atomic mass is 10.0. The number of aromatic nitrogens is 3. The van der Waals surface area contributed by atoms with Crippen molar-refractivity contribution >= 4 is 11.6 Å². The molecule has 2 heterocycles. The first-order valence-corrected chi connectivity index (χ1v) is 11.3. The van der Waals surface area contributed by atoms with E-state index in [1.807, 2.05) is 72.8 Å². The van der Waals surface area contributed by atoms with E-state index in [1.165, 1.54) is 4.52 Å². The topological polar surface area (TPSA) is 136 Å². The fourth-order valence-electron chi connectivity index (χ4n) is 4.18. The summed E-state index contributed by atoms with van der Waals surface area (Å²) in [4.78, 5) is 21.7. The fourth-order valence-corrected chi connectivity index (χ4v) is 4.18. The quantitative estimate of drug-likeness (QED) is 0.128. The van der Waals surface area contributed by atoms with Gasteiger partial charge in [-0.15, -0.1) is 0 Å². The van der Waals surface area contributed by atoms with Crippen molar-refractivity contribution in [3.05, 3.63) is 101 Å². The van der Waals surface area contributed by atoms with Gasteiger partial charge in [0.25, 0.3) is 5.56 Å². The minimum Gasteiger partial charge on any atom is -0.497 e. The number of benzene rings is 3. The van der Waals surface area contributed by atoms with Gasteiger partial charge in [0, 0.05) is 5.56 Å². The Labute approximate surface area is 207 Å². The van der Waals surface area contributed by atoms with E-state index < -0.39 is 0 Å². The molecule has 0 unspecified atom stereocenters. The number of hydrogen-bond acceptors (Lipinski definition) is 5. The highest BCUT2D eigenvalue weighted by atomic mass is 16.5. The number of methoxy groups -OCH3 is 1. The molecule has 5 rings (SSSR count). The third-order valence-corrected chi connectivity index (χ3v) is 5.91. The molecule has 2 aromatic heterocycles. The lowest BCUT2D eigenvalue weighted by molar-refractivity contribution is 0.415. The number of nitrogens with one attached hydrogen (secondary N) is 2. The van der Waals surface area contributed by atoms with Crippen LogP contribution in [0.5, 0.6) is 5.75 Å². The van der Waals surface area contributed by atoms with Gasteiger partial charge < -0.3 is 15.5 Å². The standard InChI is InChI=1S/C27H25N7O2/c1-36-20-14-12-18(13-15-20)22-21(16-30-27(28)32-29)31-25-23(17-8-4-2-5-9-17)24(33-34(25)26(22)35)19-10-6-3-7-11-19/h2-15,31H,16,29H2,1H3,(H3,28,30,32). The number of H-pyrrole nitrogens is 1. The van der Waals surface area contributed by atoms with Crippen LogP contribution >= 0.6 is 0 Å². The smallest absolute Gasteiger partial charge is 0.282 e. The predicted octanol–water partition coefficient (Wildman–Crippen LogP) is 3.31. The average molecular weight is 480 g/mol. The summed E-state index contributed by atoms with van der Waals surface area (Å²) in [5.41, 5.74) is 13.4. The number of nitrogens with zero attached hydrogens (tertiary/aromatic N) is 3. The minimum atomic E-state index is -0.280. The molecule has 36 heavy (non-hydrogen) atoms. The number of nitrogens with two attached hydrogens (primary N) is 2. The molecule has 180 valence electrons. The number of aromatic amines is 1. The van der Waals surface area contributed by atoms with Gasteiger partial charge in [0.1, 0.15) is 17.1 Å². The van der Waals surface area contributed by atoms with Crippen molar-refractivity contribution in [1.82, 2.24) is 20.0 Å². The van der Waals surface area contributed by atoms with Crippen LogP contribution in [0.3, 0.4) is 0 Å². The zero-order valence-corrected chi connectivity index (χ0v) is 19.6. The number of guanidine groups is 1. The molecule has 0 aliphatic heterocycles. The summed E-state index contributed by atoms with van der Waals surface area (Å²) in [5, 5.41) is 4.79. The second-order valence-electron chi connectivity index (χ2n) is 8.07. The van der Waals surface area contributed by atoms with Crippen LogP contribution in [0.1, 0.15) is 5.69 Å². The Morgan fingerprint density at radius 2 is 1.56 bits per heavy atom. The summed E-state index contributed by atoms with van der Waals surface area (Å²) in [6.07, 6.45) is 0. The molecular formula is C27H25N7O2. The summed E-state index contributed by atoms with van der Waals surface area (Å²) in [7, 11) is 1.59. The van der Waals surface area contributed by atoms with E-state index in [2.05, 4.69) is 15.4 Å². The van der Waals surface area contributed by atoms with Crippen LogP contribution in [0.25, 0.3) is 39.2 Å². The molecule has 0 radical (unpaired) electrons. The van der Waals surface area contributed by atoms with Gasteiger partial charge in [-0.3, -0.25) is 10.2 Å². The molecule has 0 aliphatic rings. The van der Waals surface area contributed by atoms with Crippen molar-refractivity contribution in [3.63, 3.8) is 0 Å². The van der Waals surface area contributed by atoms with Gasteiger partial charge in [-0.2, -0.15) is 9.61 Å². The Balaban J connectivity index is 1.84. The van der Waals surface area contributed by atoms with Crippen molar-refractivity contribution in [1.29, 1.82) is 0 Å². The van der Waals surface area contributed by atoms with Gasteiger partial charge in [0.2, 0.25) is 5.96 Å². The van der Waals surface area contributed by atoms with E-state index in [0.717, 1.165) is 16.7 Å². The number of rotatable bonds is 6. The fraction of sp³-hybridized carbons (Fsp3) is 0.0741. The maximum absolute atomic E-state index is 14.0. The Kier molecular flexibility index (Phi) is 6.21. The first-order valence-electron chi connectivity index (χ1n) is 11.3. The Hall–Kier alpha value is -4.89. The second-order valence-corrected chi connectivity index (χ2v) is 8.07. The van der Waals surface area contributed by atoms with Crippen LogP contribution < -0.4 is 27.3 Å². The zero-order valence-electron chi connectivity index (χ0n) is 19.6. The van der Waals surface area contributed by atoms with E-state index in [-0.39, 0.29) is 18.1 Å². The van der Waals surface area contributed by atoms with Crippen LogP contribution in [-0.4, -0.2) is 27.7 Å². The summed E-state index contributed by atoms with van der Waals surface area (Å²) in [5.74, 6) is 6.14. The van der Waals surface area contributed by atoms with Crippen molar-refractivity contribution in [2.45, 2.75) is 6.54 Å². The van der Waals surface area contributed by atoms with Crippen molar-refractivity contribution < 1.29 is 4.74 Å². The third kappa shape index (κ3) is 4.19. The van der Waals surface area contributed by atoms with Gasteiger partial charge >= 0.3 is 0 Å². The molecule has 0 saturated heterocycles. The molecule has 0 aliphatic carbocycles. The van der Waals surface area contributed by atoms with Crippen LogP contribution in [0.4, 0.5) is 0 Å².